The number of benzene rings is 1. The van der Waals surface area contributed by atoms with E-state index in [1.54, 1.807) is 6.92 Å². The van der Waals surface area contributed by atoms with Crippen LogP contribution < -0.4 is 10.9 Å². The van der Waals surface area contributed by atoms with Gasteiger partial charge in [-0.05, 0) is 48.0 Å². The number of likely N-dealkylation sites (tertiary alicyclic amines) is 1. The molecule has 1 saturated heterocycles. The van der Waals surface area contributed by atoms with Crippen LogP contribution in [0.1, 0.15) is 52.5 Å². The van der Waals surface area contributed by atoms with Crippen molar-refractivity contribution in [3.63, 3.8) is 0 Å². The summed E-state index contributed by atoms with van der Waals surface area (Å²) in [4.78, 5) is 53.3. The molecule has 2 aliphatic heterocycles. The van der Waals surface area contributed by atoms with Gasteiger partial charge in [-0.3, -0.25) is 14.4 Å². The number of hydrogen-bond donors (Lipinski definition) is 2. The molecule has 3 aromatic heterocycles. The number of nitrogens with zero attached hydrogens (tertiary/aromatic N) is 7. The molecule has 19 heteroatoms. The molecule has 2 aliphatic rings. The quantitative estimate of drug-likeness (QED) is 0.297. The standard InChI is InChI=1S/C27H22BrClF4N8O5/c1-11-21(43)19(35-10-34-11)23(45)39-6-5-26(16(30)8-39)18-20(12(2)46-26)40(25-37-24(28)38-41(25)22(18)44)9-17(42)36-15-4-3-13(7-14(15)29)27(31,32)33/h3-4,7,10,12,16,43H,5-6,8-9H2,1-2H3,(H,36,42)/t12-,16+,26+/m1/s1. The van der Waals surface area contributed by atoms with E-state index in [1.807, 2.05) is 0 Å². The lowest BCUT2D eigenvalue weighted by atomic mass is 9.83. The van der Waals surface area contributed by atoms with Crippen molar-refractivity contribution < 1.29 is 37.0 Å². The van der Waals surface area contributed by atoms with Crippen molar-refractivity contribution in [2.45, 2.75) is 50.9 Å². The second-order valence-electron chi connectivity index (χ2n) is 10.8. The van der Waals surface area contributed by atoms with Crippen molar-refractivity contribution in [1.29, 1.82) is 0 Å². The fourth-order valence-electron chi connectivity index (χ4n) is 5.84. The van der Waals surface area contributed by atoms with Crippen LogP contribution in [0.15, 0.2) is 34.1 Å². The highest BCUT2D eigenvalue weighted by Crippen LogP contribution is 2.49. The highest BCUT2D eigenvalue weighted by atomic mass is 79.9. The van der Waals surface area contributed by atoms with Crippen molar-refractivity contribution >= 4 is 50.8 Å². The number of carbonyl (C=O) groups excluding carboxylic acids is 2. The van der Waals surface area contributed by atoms with E-state index >= 15 is 4.39 Å². The maximum absolute atomic E-state index is 16.3. The number of carbonyl (C=O) groups is 2. The van der Waals surface area contributed by atoms with Crippen molar-refractivity contribution in [2.75, 3.05) is 18.4 Å². The summed E-state index contributed by atoms with van der Waals surface area (Å²) in [6, 6.07) is 2.44. The number of rotatable bonds is 4. The van der Waals surface area contributed by atoms with Gasteiger partial charge in [0.2, 0.25) is 16.4 Å². The van der Waals surface area contributed by atoms with Crippen LogP contribution >= 0.6 is 27.5 Å². The average Bonchev–Trinajstić information content (AvgIpc) is 3.52. The summed E-state index contributed by atoms with van der Waals surface area (Å²) in [5, 5.41) is 16.5. The van der Waals surface area contributed by atoms with Crippen LogP contribution in [-0.4, -0.2) is 70.2 Å². The zero-order valence-corrected chi connectivity index (χ0v) is 26.1. The molecule has 2 amide bonds. The summed E-state index contributed by atoms with van der Waals surface area (Å²) in [6.07, 6.45) is -6.60. The first-order valence-electron chi connectivity index (χ1n) is 13.6. The smallest absolute Gasteiger partial charge is 0.416 e. The topological polar surface area (TPSA) is 157 Å². The summed E-state index contributed by atoms with van der Waals surface area (Å²) in [5.74, 6) is -2.01. The van der Waals surface area contributed by atoms with Gasteiger partial charge in [0.15, 0.2) is 17.6 Å². The summed E-state index contributed by atoms with van der Waals surface area (Å²) >= 11 is 9.14. The zero-order valence-electron chi connectivity index (χ0n) is 23.8. The maximum atomic E-state index is 16.3. The first-order valence-corrected chi connectivity index (χ1v) is 14.8. The number of hydrogen-bond acceptors (Lipinski definition) is 9. The van der Waals surface area contributed by atoms with Crippen molar-refractivity contribution in [3.8, 4) is 5.75 Å². The molecule has 1 spiro atoms. The number of aromatic hydroxyl groups is 1. The van der Waals surface area contributed by atoms with Gasteiger partial charge in [-0.15, -0.1) is 5.10 Å². The molecule has 5 heterocycles. The van der Waals surface area contributed by atoms with E-state index in [4.69, 9.17) is 16.3 Å². The molecule has 1 aromatic carbocycles. The molecular formula is C27H22BrClF4N8O5. The molecule has 46 heavy (non-hydrogen) atoms. The minimum absolute atomic E-state index is 0.00648. The Morgan fingerprint density at radius 1 is 1.28 bits per heavy atom. The van der Waals surface area contributed by atoms with Gasteiger partial charge in [-0.1, -0.05) is 11.6 Å². The van der Waals surface area contributed by atoms with Gasteiger partial charge < -0.3 is 24.6 Å². The van der Waals surface area contributed by atoms with E-state index in [-0.39, 0.29) is 56.8 Å². The number of anilines is 1. The van der Waals surface area contributed by atoms with Crippen molar-refractivity contribution in [2.24, 2.45) is 0 Å². The van der Waals surface area contributed by atoms with Crippen molar-refractivity contribution in [3.05, 3.63) is 72.8 Å². The van der Waals surface area contributed by atoms with E-state index < -0.39 is 65.8 Å². The minimum Gasteiger partial charge on any atom is -0.504 e. The third kappa shape index (κ3) is 5.17. The Kier molecular flexibility index (Phi) is 7.79. The van der Waals surface area contributed by atoms with Crippen LogP contribution in [-0.2, 0) is 27.9 Å². The number of aryl methyl sites for hydroxylation is 1. The Morgan fingerprint density at radius 3 is 2.70 bits per heavy atom. The highest BCUT2D eigenvalue weighted by molar-refractivity contribution is 9.10. The highest BCUT2D eigenvalue weighted by Gasteiger charge is 2.56. The maximum Gasteiger partial charge on any atom is 0.416 e. The number of aromatic nitrogens is 6. The first-order chi connectivity index (χ1) is 21.6. The monoisotopic (exact) mass is 728 g/mol. The summed E-state index contributed by atoms with van der Waals surface area (Å²) in [7, 11) is 0. The predicted molar refractivity (Wildman–Crippen MR) is 155 cm³/mol. The van der Waals surface area contributed by atoms with Crippen LogP contribution in [0.25, 0.3) is 5.78 Å². The van der Waals surface area contributed by atoms with Gasteiger partial charge in [-0.25, -0.2) is 14.4 Å². The Hall–Kier alpha value is -4.16. The molecule has 0 radical (unpaired) electrons. The second kappa shape index (κ2) is 11.3. The number of fused-ring (bicyclic) bond motifs is 3. The third-order valence-corrected chi connectivity index (χ3v) is 8.61. The molecule has 4 aromatic rings. The minimum atomic E-state index is -4.64. The van der Waals surface area contributed by atoms with Crippen molar-refractivity contribution in [1.82, 2.24) is 34.0 Å². The molecule has 0 saturated carbocycles. The Labute approximate surface area is 269 Å². The van der Waals surface area contributed by atoms with Gasteiger partial charge >= 0.3 is 6.18 Å². The zero-order chi connectivity index (χ0) is 33.3. The van der Waals surface area contributed by atoms with Crippen LogP contribution in [0.2, 0.25) is 5.02 Å². The Bertz CT molecular complexity index is 1990. The molecule has 6 rings (SSSR count). The van der Waals surface area contributed by atoms with Gasteiger partial charge in [-0.2, -0.15) is 22.7 Å². The largest absolute Gasteiger partial charge is 0.504 e. The van der Waals surface area contributed by atoms with Crippen LogP contribution in [0.3, 0.4) is 0 Å². The predicted octanol–water partition coefficient (Wildman–Crippen LogP) is 3.94. The fourth-order valence-corrected chi connectivity index (χ4v) is 6.39. The van der Waals surface area contributed by atoms with Crippen LogP contribution in [0, 0.1) is 6.92 Å². The van der Waals surface area contributed by atoms with Gasteiger partial charge in [0.05, 0.1) is 45.9 Å². The molecule has 13 nitrogen and oxygen atoms in total. The lowest BCUT2D eigenvalue weighted by Gasteiger charge is -2.41. The summed E-state index contributed by atoms with van der Waals surface area (Å²) < 4.78 is 63.9. The fraction of sp³-hybridized carbons (Fsp3) is 0.370. The number of piperidine rings is 1. The molecular weight excluding hydrogens is 708 g/mol. The van der Waals surface area contributed by atoms with E-state index in [0.29, 0.717) is 6.07 Å². The molecule has 0 bridgehead atoms. The Morgan fingerprint density at radius 2 is 2.02 bits per heavy atom. The number of halogens is 6. The van der Waals surface area contributed by atoms with Gasteiger partial charge in [0, 0.05) is 13.0 Å². The van der Waals surface area contributed by atoms with Gasteiger partial charge in [0.1, 0.15) is 18.5 Å². The molecule has 242 valence electrons. The lowest BCUT2D eigenvalue weighted by molar-refractivity contribution is -0.143. The van der Waals surface area contributed by atoms with E-state index in [1.165, 1.54) is 11.5 Å². The summed E-state index contributed by atoms with van der Waals surface area (Å²) in [5.41, 5.74) is -3.80. The first kappa shape index (κ1) is 31.8. The van der Waals surface area contributed by atoms with E-state index in [0.717, 1.165) is 27.9 Å². The molecule has 0 unspecified atom stereocenters. The number of amides is 2. The number of nitrogens with one attached hydrogen (secondary N) is 1. The van der Waals surface area contributed by atoms with Gasteiger partial charge in [0.25, 0.3) is 11.5 Å². The molecule has 2 N–H and O–H groups in total. The normalized spacial score (nSPS) is 21.2. The molecule has 1 fully saturated rings. The van der Waals surface area contributed by atoms with Crippen LogP contribution in [0.4, 0.5) is 23.2 Å². The molecule has 3 atom stereocenters. The SMILES string of the molecule is Cc1ncnc(C(=O)N2CC[C@]3(O[C@H](C)c4c3c(=O)n3nc(Br)nc3n4CC(=O)Nc3ccc(C(F)(F)F)cc3Cl)[C@@H](F)C2)c1O. The second-order valence-corrected chi connectivity index (χ2v) is 11.9. The summed E-state index contributed by atoms with van der Waals surface area (Å²) in [6.45, 7) is 1.90. The number of ether oxygens (including phenoxy) is 1. The number of alkyl halides is 4. The molecule has 0 aliphatic carbocycles. The lowest BCUT2D eigenvalue weighted by Crippen LogP contribution is -2.55. The van der Waals surface area contributed by atoms with E-state index in [2.05, 4.69) is 41.3 Å². The average molecular weight is 730 g/mol. The van der Waals surface area contributed by atoms with Crippen LogP contribution in [0.5, 0.6) is 5.75 Å². The van der Waals surface area contributed by atoms with E-state index in [9.17, 15) is 32.7 Å². The third-order valence-electron chi connectivity index (χ3n) is 7.96. The Balaban J connectivity index is 1.35.